The minimum atomic E-state index is 0.782. The Morgan fingerprint density at radius 3 is 2.94 bits per heavy atom. The van der Waals surface area contributed by atoms with Crippen LogP contribution in [0.5, 0.6) is 0 Å². The van der Waals surface area contributed by atoms with Gasteiger partial charge in [-0.3, -0.25) is 0 Å². The molecule has 0 saturated carbocycles. The van der Waals surface area contributed by atoms with E-state index in [1.54, 1.807) is 11.3 Å². The van der Waals surface area contributed by atoms with Crippen molar-refractivity contribution in [2.75, 3.05) is 0 Å². The molecule has 0 fully saturated rings. The summed E-state index contributed by atoms with van der Waals surface area (Å²) in [6, 6.07) is 7.88. The Labute approximate surface area is 104 Å². The highest BCUT2D eigenvalue weighted by atomic mass is 35.5. The minimum absolute atomic E-state index is 0.782. The van der Waals surface area contributed by atoms with Gasteiger partial charge in [-0.2, -0.15) is 0 Å². The normalized spacial score (nSPS) is 10.6. The summed E-state index contributed by atoms with van der Waals surface area (Å²) in [5, 5.41) is 5.25. The lowest BCUT2D eigenvalue weighted by Gasteiger charge is -2.03. The predicted molar refractivity (Wildman–Crippen MR) is 68.8 cm³/mol. The van der Waals surface area contributed by atoms with Crippen LogP contribution in [0.3, 0.4) is 0 Å². The lowest BCUT2D eigenvalue weighted by Crippen LogP contribution is -2.12. The van der Waals surface area contributed by atoms with Gasteiger partial charge in [0.05, 0.1) is 0 Å². The van der Waals surface area contributed by atoms with Crippen LogP contribution in [0.15, 0.2) is 30.5 Å². The van der Waals surface area contributed by atoms with E-state index in [1.807, 2.05) is 24.4 Å². The van der Waals surface area contributed by atoms with Crippen LogP contribution < -0.4 is 5.32 Å². The molecule has 2 nitrogen and oxygen atoms in total. The topological polar surface area (TPSA) is 24.9 Å². The molecule has 0 aliphatic carbocycles. The number of nitrogens with one attached hydrogen (secondary N) is 1. The Balaban J connectivity index is 1.84. The molecule has 0 amide bonds. The van der Waals surface area contributed by atoms with Crippen LogP contribution in [0.25, 0.3) is 0 Å². The van der Waals surface area contributed by atoms with E-state index < -0.39 is 0 Å². The van der Waals surface area contributed by atoms with Gasteiger partial charge < -0.3 is 5.32 Å². The fourth-order valence-electron chi connectivity index (χ4n) is 1.44. The van der Waals surface area contributed by atoms with Gasteiger partial charge in [-0.15, -0.1) is 11.3 Å². The molecular formula is C12H13ClN2S. The number of hydrogen-bond donors (Lipinski definition) is 1. The van der Waals surface area contributed by atoms with Gasteiger partial charge in [-0.25, -0.2) is 4.98 Å². The van der Waals surface area contributed by atoms with Gasteiger partial charge in [0, 0.05) is 29.2 Å². The van der Waals surface area contributed by atoms with Gasteiger partial charge in [-0.1, -0.05) is 23.7 Å². The number of nitrogens with zero attached hydrogens (tertiary/aromatic N) is 1. The van der Waals surface area contributed by atoms with Crippen molar-refractivity contribution in [3.8, 4) is 0 Å². The van der Waals surface area contributed by atoms with Crippen LogP contribution in [-0.4, -0.2) is 4.98 Å². The molecule has 0 atom stereocenters. The first-order chi connectivity index (χ1) is 7.74. The first-order valence-corrected chi connectivity index (χ1v) is 6.30. The van der Waals surface area contributed by atoms with E-state index in [-0.39, 0.29) is 0 Å². The smallest absolute Gasteiger partial charge is 0.107 e. The molecule has 84 valence electrons. The summed E-state index contributed by atoms with van der Waals surface area (Å²) in [6.45, 7) is 3.70. The third-order valence-electron chi connectivity index (χ3n) is 2.16. The van der Waals surface area contributed by atoms with Gasteiger partial charge in [0.1, 0.15) is 5.01 Å². The molecule has 0 unspecified atom stereocenters. The van der Waals surface area contributed by atoms with Crippen molar-refractivity contribution >= 4 is 22.9 Å². The average Bonchev–Trinajstić information content (AvgIpc) is 2.64. The predicted octanol–water partition coefficient (Wildman–Crippen LogP) is 3.39. The fraction of sp³-hybridized carbons (Fsp3) is 0.250. The fourth-order valence-corrected chi connectivity index (χ4v) is 2.41. The van der Waals surface area contributed by atoms with Gasteiger partial charge in [0.25, 0.3) is 0 Å². The maximum Gasteiger partial charge on any atom is 0.107 e. The maximum absolute atomic E-state index is 5.91. The summed E-state index contributed by atoms with van der Waals surface area (Å²) in [4.78, 5) is 5.54. The number of thiazole rings is 1. The molecule has 0 bridgehead atoms. The van der Waals surface area contributed by atoms with Gasteiger partial charge in [0.15, 0.2) is 0 Å². The van der Waals surface area contributed by atoms with Crippen molar-refractivity contribution in [3.63, 3.8) is 0 Å². The SMILES string of the molecule is Cc1cnc(CNCc2cccc(Cl)c2)s1. The monoisotopic (exact) mass is 252 g/mol. The Hall–Kier alpha value is -0.900. The zero-order valence-electron chi connectivity index (χ0n) is 9.03. The van der Waals surface area contributed by atoms with E-state index in [0.717, 1.165) is 23.1 Å². The summed E-state index contributed by atoms with van der Waals surface area (Å²) in [5.41, 5.74) is 1.20. The standard InChI is InChI=1S/C12H13ClN2S/c1-9-6-15-12(16-9)8-14-7-10-3-2-4-11(13)5-10/h2-6,14H,7-8H2,1H3. The lowest BCUT2D eigenvalue weighted by atomic mass is 10.2. The Kier molecular flexibility index (Phi) is 3.93. The Morgan fingerprint density at radius 1 is 1.38 bits per heavy atom. The zero-order chi connectivity index (χ0) is 11.4. The zero-order valence-corrected chi connectivity index (χ0v) is 10.6. The highest BCUT2D eigenvalue weighted by Crippen LogP contribution is 2.12. The van der Waals surface area contributed by atoms with Crippen molar-refractivity contribution in [3.05, 3.63) is 50.9 Å². The first-order valence-electron chi connectivity index (χ1n) is 5.10. The molecule has 0 aliphatic heterocycles. The molecule has 4 heteroatoms. The number of benzene rings is 1. The van der Waals surface area contributed by atoms with Crippen molar-refractivity contribution in [1.29, 1.82) is 0 Å². The molecule has 0 radical (unpaired) electrons. The first kappa shape index (κ1) is 11.6. The van der Waals surface area contributed by atoms with Crippen LogP contribution >= 0.6 is 22.9 Å². The largest absolute Gasteiger partial charge is 0.306 e. The molecule has 2 rings (SSSR count). The Bertz CT molecular complexity index is 468. The second-order valence-corrected chi connectivity index (χ2v) is 5.35. The quantitative estimate of drug-likeness (QED) is 0.902. The maximum atomic E-state index is 5.91. The second-order valence-electron chi connectivity index (χ2n) is 3.60. The summed E-state index contributed by atoms with van der Waals surface area (Å²) >= 11 is 7.63. The van der Waals surface area contributed by atoms with E-state index in [9.17, 15) is 0 Å². The third kappa shape index (κ3) is 3.30. The molecular weight excluding hydrogens is 240 g/mol. The van der Waals surface area contributed by atoms with Crippen LogP contribution in [0.1, 0.15) is 15.4 Å². The van der Waals surface area contributed by atoms with Crippen LogP contribution in [0.4, 0.5) is 0 Å². The summed E-state index contributed by atoms with van der Waals surface area (Å²) in [5.74, 6) is 0. The van der Waals surface area contributed by atoms with Gasteiger partial charge in [0.2, 0.25) is 0 Å². The number of aryl methyl sites for hydroxylation is 1. The molecule has 0 spiro atoms. The second kappa shape index (κ2) is 5.43. The minimum Gasteiger partial charge on any atom is -0.306 e. The molecule has 0 aliphatic rings. The number of hydrogen-bond acceptors (Lipinski definition) is 3. The molecule has 0 saturated heterocycles. The van der Waals surface area contributed by atoms with Crippen LogP contribution in [-0.2, 0) is 13.1 Å². The third-order valence-corrected chi connectivity index (χ3v) is 3.31. The molecule has 2 aromatic rings. The lowest BCUT2D eigenvalue weighted by molar-refractivity contribution is 0.690. The molecule has 1 aromatic carbocycles. The van der Waals surface area contributed by atoms with Crippen LogP contribution in [0.2, 0.25) is 5.02 Å². The van der Waals surface area contributed by atoms with Crippen molar-refractivity contribution in [2.45, 2.75) is 20.0 Å². The highest BCUT2D eigenvalue weighted by molar-refractivity contribution is 7.11. The van der Waals surface area contributed by atoms with Crippen molar-refractivity contribution in [2.24, 2.45) is 0 Å². The number of aromatic nitrogens is 1. The number of rotatable bonds is 4. The summed E-state index contributed by atoms with van der Waals surface area (Å²) in [6.07, 6.45) is 1.90. The molecule has 1 aromatic heterocycles. The van der Waals surface area contributed by atoms with E-state index >= 15 is 0 Å². The average molecular weight is 253 g/mol. The number of halogens is 1. The van der Waals surface area contributed by atoms with E-state index in [2.05, 4.69) is 23.3 Å². The van der Waals surface area contributed by atoms with E-state index in [1.165, 1.54) is 10.4 Å². The molecule has 1 heterocycles. The Morgan fingerprint density at radius 2 is 2.25 bits per heavy atom. The van der Waals surface area contributed by atoms with E-state index in [0.29, 0.717) is 0 Å². The molecule has 1 N–H and O–H groups in total. The van der Waals surface area contributed by atoms with Crippen molar-refractivity contribution < 1.29 is 0 Å². The highest BCUT2D eigenvalue weighted by Gasteiger charge is 1.98. The van der Waals surface area contributed by atoms with Gasteiger partial charge in [-0.05, 0) is 24.6 Å². The summed E-state index contributed by atoms with van der Waals surface area (Å²) in [7, 11) is 0. The summed E-state index contributed by atoms with van der Waals surface area (Å²) < 4.78 is 0. The van der Waals surface area contributed by atoms with Gasteiger partial charge >= 0.3 is 0 Å². The van der Waals surface area contributed by atoms with Crippen molar-refractivity contribution in [1.82, 2.24) is 10.3 Å². The molecule has 16 heavy (non-hydrogen) atoms. The van der Waals surface area contributed by atoms with Crippen LogP contribution in [0, 0.1) is 6.92 Å². The van der Waals surface area contributed by atoms with E-state index in [4.69, 9.17) is 11.6 Å².